The SMILES string of the molecule is C=CCOCc1cc(C(=O)[C@@H]2OC3OC(C)(C)O[C@H]3[C@@H]2O)ccc1C. The van der Waals surface area contributed by atoms with E-state index in [9.17, 15) is 9.90 Å². The largest absolute Gasteiger partial charge is 0.387 e. The lowest BCUT2D eigenvalue weighted by Gasteiger charge is -2.22. The number of aliphatic hydroxyl groups is 1. The fourth-order valence-electron chi connectivity index (χ4n) is 3.10. The van der Waals surface area contributed by atoms with E-state index in [4.69, 9.17) is 18.9 Å². The van der Waals surface area contributed by atoms with E-state index in [0.29, 0.717) is 18.8 Å². The van der Waals surface area contributed by atoms with Crippen LogP contribution < -0.4 is 0 Å². The molecule has 0 aromatic heterocycles. The van der Waals surface area contributed by atoms with Crippen molar-refractivity contribution in [1.29, 1.82) is 0 Å². The van der Waals surface area contributed by atoms with Crippen LogP contribution in [0.1, 0.15) is 35.3 Å². The Morgan fingerprint density at radius 3 is 2.84 bits per heavy atom. The first-order valence-corrected chi connectivity index (χ1v) is 8.34. The van der Waals surface area contributed by atoms with Crippen molar-refractivity contribution >= 4 is 5.78 Å². The second-order valence-electron chi connectivity index (χ2n) is 6.83. The molecule has 2 heterocycles. The smallest absolute Gasteiger partial charge is 0.194 e. The molecule has 2 aliphatic heterocycles. The van der Waals surface area contributed by atoms with Gasteiger partial charge in [-0.05, 0) is 38.0 Å². The van der Waals surface area contributed by atoms with Gasteiger partial charge in [0.25, 0.3) is 0 Å². The molecule has 0 aliphatic carbocycles. The Morgan fingerprint density at radius 1 is 1.40 bits per heavy atom. The van der Waals surface area contributed by atoms with Gasteiger partial charge < -0.3 is 24.1 Å². The molecule has 0 amide bonds. The molecular weight excluding hydrogens is 324 g/mol. The average Bonchev–Trinajstić information content (AvgIpc) is 3.02. The molecule has 2 fully saturated rings. The Hall–Kier alpha value is -1.57. The number of carbonyl (C=O) groups is 1. The van der Waals surface area contributed by atoms with Crippen molar-refractivity contribution < 1.29 is 28.8 Å². The van der Waals surface area contributed by atoms with Gasteiger partial charge in [0.15, 0.2) is 24.0 Å². The summed E-state index contributed by atoms with van der Waals surface area (Å²) in [7, 11) is 0. The second kappa shape index (κ2) is 6.97. The highest BCUT2D eigenvalue weighted by atomic mass is 16.8. The lowest BCUT2D eigenvalue weighted by molar-refractivity contribution is -0.208. The van der Waals surface area contributed by atoms with Gasteiger partial charge in [0.1, 0.15) is 12.2 Å². The van der Waals surface area contributed by atoms with E-state index >= 15 is 0 Å². The van der Waals surface area contributed by atoms with Crippen LogP contribution in [0, 0.1) is 6.92 Å². The molecule has 2 aliphatic rings. The zero-order valence-electron chi connectivity index (χ0n) is 14.7. The molecule has 1 unspecified atom stereocenters. The van der Waals surface area contributed by atoms with Crippen LogP contribution in [0.15, 0.2) is 30.9 Å². The number of hydrogen-bond acceptors (Lipinski definition) is 6. The number of aryl methyl sites for hydroxylation is 1. The van der Waals surface area contributed by atoms with Crippen LogP contribution >= 0.6 is 0 Å². The number of ether oxygens (including phenoxy) is 4. The second-order valence-corrected chi connectivity index (χ2v) is 6.83. The van der Waals surface area contributed by atoms with E-state index in [1.165, 1.54) is 0 Å². The monoisotopic (exact) mass is 348 g/mol. The van der Waals surface area contributed by atoms with Crippen LogP contribution in [0.4, 0.5) is 0 Å². The topological polar surface area (TPSA) is 74.2 Å². The Kier molecular flexibility index (Phi) is 5.09. The first kappa shape index (κ1) is 18.2. The Bertz CT molecular complexity index is 668. The number of benzene rings is 1. The summed E-state index contributed by atoms with van der Waals surface area (Å²) < 4.78 is 22.3. The quantitative estimate of drug-likeness (QED) is 0.482. The summed E-state index contributed by atoms with van der Waals surface area (Å²) in [5.74, 6) is -1.12. The van der Waals surface area contributed by atoms with E-state index in [1.807, 2.05) is 13.0 Å². The number of hydrogen-bond donors (Lipinski definition) is 1. The standard InChI is InChI=1S/C19H24O6/c1-5-8-22-10-13-9-12(7-6-11(13)2)14(20)16-15(21)17-18(23-16)25-19(3,4)24-17/h5-7,9,15-18,21H,1,8,10H2,2-4H3/t15-,16+,17+,18?/m1/s1. The normalized spacial score (nSPS) is 30.2. The van der Waals surface area contributed by atoms with Crippen molar-refractivity contribution in [3.05, 3.63) is 47.5 Å². The molecule has 3 rings (SSSR count). The predicted octanol–water partition coefficient (Wildman–Crippen LogP) is 2.12. The van der Waals surface area contributed by atoms with Crippen LogP contribution in [0.5, 0.6) is 0 Å². The van der Waals surface area contributed by atoms with E-state index in [-0.39, 0.29) is 5.78 Å². The summed E-state index contributed by atoms with van der Waals surface area (Å²) in [6.07, 6.45) is -1.80. The summed E-state index contributed by atoms with van der Waals surface area (Å²) in [5.41, 5.74) is 2.40. The highest BCUT2D eigenvalue weighted by molar-refractivity contribution is 6.00. The summed E-state index contributed by atoms with van der Waals surface area (Å²) in [4.78, 5) is 12.8. The zero-order chi connectivity index (χ0) is 18.2. The maximum absolute atomic E-state index is 12.8. The van der Waals surface area contributed by atoms with Gasteiger partial charge >= 0.3 is 0 Å². The third-order valence-electron chi connectivity index (χ3n) is 4.40. The molecule has 2 saturated heterocycles. The van der Waals surface area contributed by atoms with Gasteiger partial charge in [-0.1, -0.05) is 18.2 Å². The molecule has 1 aromatic rings. The third-order valence-corrected chi connectivity index (χ3v) is 4.40. The zero-order valence-corrected chi connectivity index (χ0v) is 14.7. The molecule has 0 saturated carbocycles. The molecule has 25 heavy (non-hydrogen) atoms. The first-order valence-electron chi connectivity index (χ1n) is 8.34. The molecule has 6 heteroatoms. The van der Waals surface area contributed by atoms with E-state index in [0.717, 1.165) is 11.1 Å². The predicted molar refractivity (Wildman–Crippen MR) is 90.1 cm³/mol. The van der Waals surface area contributed by atoms with Crippen LogP contribution in [0.25, 0.3) is 0 Å². The number of fused-ring (bicyclic) bond motifs is 1. The lowest BCUT2D eigenvalue weighted by atomic mass is 9.97. The number of aliphatic hydroxyl groups excluding tert-OH is 1. The highest BCUT2D eigenvalue weighted by Gasteiger charge is 2.56. The summed E-state index contributed by atoms with van der Waals surface area (Å²) in [6.45, 7) is 9.88. The van der Waals surface area contributed by atoms with Crippen molar-refractivity contribution in [2.75, 3.05) is 6.61 Å². The van der Waals surface area contributed by atoms with Crippen molar-refractivity contribution in [3.63, 3.8) is 0 Å². The van der Waals surface area contributed by atoms with Gasteiger partial charge in [0.2, 0.25) is 0 Å². The van der Waals surface area contributed by atoms with E-state index in [2.05, 4.69) is 6.58 Å². The third kappa shape index (κ3) is 3.68. The minimum Gasteiger partial charge on any atom is -0.387 e. The van der Waals surface area contributed by atoms with Gasteiger partial charge in [-0.15, -0.1) is 6.58 Å². The number of rotatable bonds is 6. The van der Waals surface area contributed by atoms with Crippen molar-refractivity contribution in [1.82, 2.24) is 0 Å². The van der Waals surface area contributed by atoms with Crippen LogP contribution in [-0.4, -0.2) is 47.9 Å². The molecule has 0 bridgehead atoms. The Morgan fingerprint density at radius 2 is 2.16 bits per heavy atom. The van der Waals surface area contributed by atoms with Gasteiger partial charge in [0.05, 0.1) is 13.2 Å². The molecule has 6 nitrogen and oxygen atoms in total. The maximum atomic E-state index is 12.8. The summed E-state index contributed by atoms with van der Waals surface area (Å²) in [5, 5.41) is 10.4. The van der Waals surface area contributed by atoms with Gasteiger partial charge in [0, 0.05) is 5.56 Å². The first-order chi connectivity index (χ1) is 11.8. The lowest BCUT2D eigenvalue weighted by Crippen LogP contribution is -2.38. The highest BCUT2D eigenvalue weighted by Crippen LogP contribution is 2.38. The van der Waals surface area contributed by atoms with Crippen LogP contribution in [-0.2, 0) is 25.6 Å². The fraction of sp³-hybridized carbons (Fsp3) is 0.526. The Balaban J connectivity index is 1.73. The Labute approximate surface area is 147 Å². The molecular formula is C19H24O6. The minimum atomic E-state index is -1.07. The number of Topliss-reactive ketones (excluding diaryl/α,β-unsaturated/α-hetero) is 1. The summed E-state index contributed by atoms with van der Waals surface area (Å²) >= 11 is 0. The molecule has 4 atom stereocenters. The fourth-order valence-corrected chi connectivity index (χ4v) is 3.10. The van der Waals surface area contributed by atoms with Crippen LogP contribution in [0.2, 0.25) is 0 Å². The van der Waals surface area contributed by atoms with Crippen molar-refractivity contribution in [2.24, 2.45) is 0 Å². The van der Waals surface area contributed by atoms with Crippen molar-refractivity contribution in [3.8, 4) is 0 Å². The maximum Gasteiger partial charge on any atom is 0.194 e. The molecule has 0 spiro atoms. The van der Waals surface area contributed by atoms with Gasteiger partial charge in [-0.2, -0.15) is 0 Å². The van der Waals surface area contributed by atoms with Crippen LogP contribution in [0.3, 0.4) is 0 Å². The molecule has 0 radical (unpaired) electrons. The van der Waals surface area contributed by atoms with Crippen molar-refractivity contribution in [2.45, 2.75) is 57.8 Å². The average molecular weight is 348 g/mol. The van der Waals surface area contributed by atoms with Gasteiger partial charge in [-0.3, -0.25) is 4.79 Å². The number of carbonyl (C=O) groups excluding carboxylic acids is 1. The van der Waals surface area contributed by atoms with E-state index in [1.54, 1.807) is 32.1 Å². The molecule has 1 aromatic carbocycles. The van der Waals surface area contributed by atoms with E-state index < -0.39 is 30.4 Å². The molecule has 1 N–H and O–H groups in total. The minimum absolute atomic E-state index is 0.295. The van der Waals surface area contributed by atoms with Gasteiger partial charge in [-0.25, -0.2) is 0 Å². The summed E-state index contributed by atoms with van der Waals surface area (Å²) in [6, 6.07) is 5.36. The number of ketones is 1. The molecule has 136 valence electrons.